The van der Waals surface area contributed by atoms with Crippen molar-refractivity contribution in [3.05, 3.63) is 78.1 Å². The molecule has 0 spiro atoms. The summed E-state index contributed by atoms with van der Waals surface area (Å²) in [5, 5.41) is 7.75. The van der Waals surface area contributed by atoms with Crippen LogP contribution in [-0.4, -0.2) is 17.9 Å². The van der Waals surface area contributed by atoms with Gasteiger partial charge in [-0.3, -0.25) is 4.68 Å². The molecule has 0 aliphatic carbocycles. The van der Waals surface area contributed by atoms with Crippen LogP contribution in [0.4, 0.5) is 0 Å². The van der Waals surface area contributed by atoms with Crippen LogP contribution in [0.15, 0.2) is 66.7 Å². The summed E-state index contributed by atoms with van der Waals surface area (Å²) in [7, 11) is -1.84. The predicted octanol–water partition coefficient (Wildman–Crippen LogP) is 3.19. The number of hydrogen-bond acceptors (Lipinski definition) is 1. The Balaban J connectivity index is 2.05. The molecule has 2 nitrogen and oxygen atoms in total. The van der Waals surface area contributed by atoms with Crippen molar-refractivity contribution in [3.8, 4) is 0 Å². The molecule has 0 bridgehead atoms. The van der Waals surface area contributed by atoms with Gasteiger partial charge in [-0.2, -0.15) is 5.10 Å². The van der Waals surface area contributed by atoms with Crippen LogP contribution < -0.4 is 10.4 Å². The van der Waals surface area contributed by atoms with Crippen LogP contribution in [0.1, 0.15) is 18.3 Å². The summed E-state index contributed by atoms with van der Waals surface area (Å²) < 4.78 is 2.10. The number of nitrogens with zero attached hydrogens (tertiary/aromatic N) is 2. The number of rotatable bonds is 5. The third kappa shape index (κ3) is 3.15. The van der Waals surface area contributed by atoms with Crippen LogP contribution in [0.5, 0.6) is 0 Å². The van der Waals surface area contributed by atoms with Crippen LogP contribution in [0, 0.1) is 6.92 Å². The second kappa shape index (κ2) is 6.55. The normalized spacial score (nSPS) is 11.6. The fourth-order valence-electron chi connectivity index (χ4n) is 3.33. The summed E-state index contributed by atoms with van der Waals surface area (Å²) in [5.41, 5.74) is 2.46. The van der Waals surface area contributed by atoms with Crippen molar-refractivity contribution in [2.75, 3.05) is 0 Å². The molecule has 3 heteroatoms. The SMILES string of the molecule is CCn1nc(C[Si](C)(c2ccccc2)c2ccccc2)cc1C. The highest BCUT2D eigenvalue weighted by atomic mass is 28.3. The topological polar surface area (TPSA) is 17.8 Å². The third-order valence-corrected chi connectivity index (χ3v) is 8.97. The van der Waals surface area contributed by atoms with Gasteiger partial charge in [0.15, 0.2) is 0 Å². The van der Waals surface area contributed by atoms with E-state index in [1.54, 1.807) is 0 Å². The summed E-state index contributed by atoms with van der Waals surface area (Å²) in [6.45, 7) is 7.68. The maximum atomic E-state index is 4.82. The van der Waals surface area contributed by atoms with E-state index >= 15 is 0 Å². The molecule has 1 heterocycles. The Hall–Kier alpha value is -2.13. The minimum atomic E-state index is -1.84. The number of benzene rings is 2. The standard InChI is InChI=1S/C20H24N2Si/c1-4-22-17(2)15-18(21-22)16-23(3,19-11-7-5-8-12-19)20-13-9-6-10-14-20/h5-15H,4,16H2,1-3H3. The van der Waals surface area contributed by atoms with Gasteiger partial charge in [0.25, 0.3) is 0 Å². The van der Waals surface area contributed by atoms with E-state index in [0.29, 0.717) is 0 Å². The van der Waals surface area contributed by atoms with E-state index in [1.165, 1.54) is 21.8 Å². The van der Waals surface area contributed by atoms with Crippen molar-refractivity contribution in [2.45, 2.75) is 33.0 Å². The van der Waals surface area contributed by atoms with E-state index in [1.807, 2.05) is 0 Å². The third-order valence-electron chi connectivity index (χ3n) is 4.69. The van der Waals surface area contributed by atoms with Gasteiger partial charge in [-0.1, -0.05) is 77.6 Å². The van der Waals surface area contributed by atoms with E-state index < -0.39 is 8.07 Å². The molecule has 0 saturated heterocycles. The Labute approximate surface area is 139 Å². The van der Waals surface area contributed by atoms with E-state index in [4.69, 9.17) is 5.10 Å². The molecule has 0 N–H and O–H groups in total. The summed E-state index contributed by atoms with van der Waals surface area (Å²) in [6.07, 6.45) is 0. The predicted molar refractivity (Wildman–Crippen MR) is 100 cm³/mol. The maximum Gasteiger partial charge on any atom is 0.121 e. The summed E-state index contributed by atoms with van der Waals surface area (Å²) in [5.74, 6) is 0. The van der Waals surface area contributed by atoms with Gasteiger partial charge >= 0.3 is 0 Å². The van der Waals surface area contributed by atoms with Crippen LogP contribution in [-0.2, 0) is 12.6 Å². The first-order valence-corrected chi connectivity index (χ1v) is 11.0. The first kappa shape index (κ1) is 15.8. The molecular formula is C20H24N2Si. The lowest BCUT2D eigenvalue weighted by Gasteiger charge is -2.28. The highest BCUT2D eigenvalue weighted by molar-refractivity contribution is 7.00. The van der Waals surface area contributed by atoms with Gasteiger partial charge in [-0.15, -0.1) is 0 Å². The minimum Gasteiger partial charge on any atom is -0.270 e. The fourth-order valence-corrected chi connectivity index (χ4v) is 6.83. The molecule has 1 aromatic heterocycles. The number of hydrogen-bond donors (Lipinski definition) is 0. The van der Waals surface area contributed by atoms with Crippen LogP contribution >= 0.6 is 0 Å². The summed E-state index contributed by atoms with van der Waals surface area (Å²) in [6, 6.07) is 25.2. The van der Waals surface area contributed by atoms with Crippen molar-refractivity contribution in [3.63, 3.8) is 0 Å². The maximum absolute atomic E-state index is 4.82. The zero-order valence-corrected chi connectivity index (χ0v) is 15.2. The average Bonchev–Trinajstić information content (AvgIpc) is 2.95. The van der Waals surface area contributed by atoms with Gasteiger partial charge in [0.1, 0.15) is 8.07 Å². The van der Waals surface area contributed by atoms with Crippen LogP contribution in [0.25, 0.3) is 0 Å². The Morgan fingerprint density at radius 1 is 0.913 bits per heavy atom. The molecule has 0 aliphatic heterocycles. The lowest BCUT2D eigenvalue weighted by molar-refractivity contribution is 0.633. The molecular weight excluding hydrogens is 296 g/mol. The molecule has 0 aliphatic rings. The second-order valence-electron chi connectivity index (χ2n) is 6.33. The van der Waals surface area contributed by atoms with E-state index in [0.717, 1.165) is 12.6 Å². The lowest BCUT2D eigenvalue weighted by atomic mass is 10.4. The summed E-state index contributed by atoms with van der Waals surface area (Å²) in [4.78, 5) is 0. The largest absolute Gasteiger partial charge is 0.270 e. The van der Waals surface area contributed by atoms with Crippen molar-refractivity contribution < 1.29 is 0 Å². The zero-order valence-electron chi connectivity index (χ0n) is 14.2. The van der Waals surface area contributed by atoms with Gasteiger partial charge in [0, 0.05) is 12.2 Å². The molecule has 0 fully saturated rings. The van der Waals surface area contributed by atoms with Crippen molar-refractivity contribution in [2.24, 2.45) is 0 Å². The van der Waals surface area contributed by atoms with E-state index in [2.05, 4.69) is 91.8 Å². The molecule has 3 aromatic rings. The zero-order chi connectivity index (χ0) is 16.3. The monoisotopic (exact) mass is 320 g/mol. The Bertz CT molecular complexity index is 723. The van der Waals surface area contributed by atoms with Crippen LogP contribution in [0.2, 0.25) is 6.55 Å². The Kier molecular flexibility index (Phi) is 4.48. The molecule has 0 radical (unpaired) electrons. The molecule has 3 rings (SSSR count). The molecule has 0 unspecified atom stereocenters. The van der Waals surface area contributed by atoms with Gasteiger partial charge in [-0.25, -0.2) is 0 Å². The van der Waals surface area contributed by atoms with Gasteiger partial charge in [0.2, 0.25) is 0 Å². The fraction of sp³-hybridized carbons (Fsp3) is 0.250. The Morgan fingerprint density at radius 2 is 1.43 bits per heavy atom. The molecule has 2 aromatic carbocycles. The molecule has 23 heavy (non-hydrogen) atoms. The first-order chi connectivity index (χ1) is 11.1. The van der Waals surface area contributed by atoms with Crippen molar-refractivity contribution >= 4 is 18.4 Å². The van der Waals surface area contributed by atoms with Gasteiger partial charge in [-0.05, 0) is 26.0 Å². The molecule has 0 saturated carbocycles. The molecule has 0 amide bonds. The quantitative estimate of drug-likeness (QED) is 0.660. The smallest absolute Gasteiger partial charge is 0.121 e. The molecule has 118 valence electrons. The van der Waals surface area contributed by atoms with Crippen molar-refractivity contribution in [1.82, 2.24) is 9.78 Å². The van der Waals surface area contributed by atoms with Crippen molar-refractivity contribution in [1.29, 1.82) is 0 Å². The average molecular weight is 321 g/mol. The van der Waals surface area contributed by atoms with E-state index in [-0.39, 0.29) is 0 Å². The number of aromatic nitrogens is 2. The van der Waals surface area contributed by atoms with E-state index in [9.17, 15) is 0 Å². The molecule has 0 atom stereocenters. The van der Waals surface area contributed by atoms with Crippen LogP contribution in [0.3, 0.4) is 0 Å². The highest BCUT2D eigenvalue weighted by Crippen LogP contribution is 2.14. The second-order valence-corrected chi connectivity index (χ2v) is 10.5. The lowest BCUT2D eigenvalue weighted by Crippen LogP contribution is -2.57. The van der Waals surface area contributed by atoms with Gasteiger partial charge < -0.3 is 0 Å². The summed E-state index contributed by atoms with van der Waals surface area (Å²) >= 11 is 0. The van der Waals surface area contributed by atoms with Gasteiger partial charge in [0.05, 0.1) is 5.69 Å². The highest BCUT2D eigenvalue weighted by Gasteiger charge is 2.32. The Morgan fingerprint density at radius 3 is 1.87 bits per heavy atom. The first-order valence-electron chi connectivity index (χ1n) is 8.28. The number of aryl methyl sites for hydroxylation is 2. The minimum absolute atomic E-state index is 0.931.